The van der Waals surface area contributed by atoms with Crippen molar-refractivity contribution in [3.63, 3.8) is 0 Å². The molecule has 0 bridgehead atoms. The number of hydrogen-bond donors (Lipinski definition) is 0. The molecule has 0 spiro atoms. The van der Waals surface area contributed by atoms with Crippen molar-refractivity contribution in [3.8, 4) is 28.6 Å². The molecule has 0 aliphatic rings. The van der Waals surface area contributed by atoms with Crippen molar-refractivity contribution in [1.29, 1.82) is 5.26 Å². The standard InChI is InChI=1S/C44H38N4/c1-43(2,3)29-16-19-40-35(24-29)31-11-7-9-13-37(31)47(40)39-18-15-28(26-45)23-34(39)33-21-22-46-27-42(33)48-38-14-10-8-12-32(38)36-25-30(44(4,5)6)17-20-41(36)48/h7-25,27H,1-6H3. The van der Waals surface area contributed by atoms with E-state index in [-0.39, 0.29) is 10.8 Å². The van der Waals surface area contributed by atoms with Crippen molar-refractivity contribution in [1.82, 2.24) is 14.1 Å². The molecule has 0 N–H and O–H groups in total. The zero-order valence-electron chi connectivity index (χ0n) is 28.3. The van der Waals surface area contributed by atoms with Gasteiger partial charge in [0.1, 0.15) is 0 Å². The van der Waals surface area contributed by atoms with E-state index in [1.165, 1.54) is 32.7 Å². The molecule has 5 aromatic carbocycles. The molecule has 234 valence electrons. The first-order valence-electron chi connectivity index (χ1n) is 16.6. The normalized spacial score (nSPS) is 12.4. The molecule has 0 fully saturated rings. The molecule has 4 heteroatoms. The molecular weight excluding hydrogens is 585 g/mol. The molecule has 0 amide bonds. The fourth-order valence-corrected chi connectivity index (χ4v) is 7.21. The molecule has 0 aliphatic carbocycles. The summed E-state index contributed by atoms with van der Waals surface area (Å²) in [6.07, 6.45) is 3.82. The Hall–Kier alpha value is -5.66. The van der Waals surface area contributed by atoms with Gasteiger partial charge in [0.2, 0.25) is 0 Å². The molecule has 0 atom stereocenters. The van der Waals surface area contributed by atoms with Crippen molar-refractivity contribution >= 4 is 43.6 Å². The fraction of sp³-hybridized carbons (Fsp3) is 0.182. The number of benzene rings is 5. The van der Waals surface area contributed by atoms with E-state index in [9.17, 15) is 5.26 Å². The lowest BCUT2D eigenvalue weighted by molar-refractivity contribution is 0.591. The summed E-state index contributed by atoms with van der Waals surface area (Å²) in [7, 11) is 0. The highest BCUT2D eigenvalue weighted by atomic mass is 15.0. The maximum Gasteiger partial charge on any atom is 0.0991 e. The lowest BCUT2D eigenvalue weighted by atomic mass is 9.86. The second-order valence-electron chi connectivity index (χ2n) is 14.9. The Morgan fingerprint density at radius 2 is 1.04 bits per heavy atom. The molecule has 48 heavy (non-hydrogen) atoms. The van der Waals surface area contributed by atoms with E-state index in [2.05, 4.69) is 159 Å². The lowest BCUT2D eigenvalue weighted by Crippen LogP contribution is -2.10. The van der Waals surface area contributed by atoms with Crippen LogP contribution in [0.25, 0.3) is 66.1 Å². The molecule has 3 heterocycles. The molecule has 0 unspecified atom stereocenters. The van der Waals surface area contributed by atoms with Crippen LogP contribution in [-0.4, -0.2) is 14.1 Å². The van der Waals surface area contributed by atoms with Gasteiger partial charge in [-0.2, -0.15) is 5.26 Å². The molecule has 3 aromatic heterocycles. The summed E-state index contributed by atoms with van der Waals surface area (Å²) in [5, 5.41) is 15.0. The van der Waals surface area contributed by atoms with E-state index >= 15 is 0 Å². The summed E-state index contributed by atoms with van der Waals surface area (Å²) in [4.78, 5) is 4.67. The van der Waals surface area contributed by atoms with Crippen molar-refractivity contribution in [2.45, 2.75) is 52.4 Å². The van der Waals surface area contributed by atoms with E-state index in [1.807, 2.05) is 24.5 Å². The maximum atomic E-state index is 10.1. The highest BCUT2D eigenvalue weighted by Gasteiger charge is 2.23. The molecule has 0 radical (unpaired) electrons. The van der Waals surface area contributed by atoms with Gasteiger partial charge >= 0.3 is 0 Å². The summed E-state index contributed by atoms with van der Waals surface area (Å²) in [5.41, 5.74) is 11.8. The summed E-state index contributed by atoms with van der Waals surface area (Å²) in [6, 6.07) is 41.5. The SMILES string of the molecule is CC(C)(C)c1ccc2c(c1)c1ccccc1n2-c1ccc(C#N)cc1-c1ccncc1-n1c2ccccc2c2cc(C(C)(C)C)ccc21. The summed E-state index contributed by atoms with van der Waals surface area (Å²) < 4.78 is 4.70. The fourth-order valence-electron chi connectivity index (χ4n) is 7.21. The average molecular weight is 623 g/mol. The van der Waals surface area contributed by atoms with E-state index in [4.69, 9.17) is 0 Å². The van der Waals surface area contributed by atoms with Crippen molar-refractivity contribution in [2.24, 2.45) is 0 Å². The van der Waals surface area contributed by atoms with Gasteiger partial charge in [0.15, 0.2) is 0 Å². The number of hydrogen-bond acceptors (Lipinski definition) is 2. The van der Waals surface area contributed by atoms with Gasteiger partial charge in [-0.3, -0.25) is 4.98 Å². The predicted molar refractivity (Wildman–Crippen MR) is 200 cm³/mol. The van der Waals surface area contributed by atoms with Crippen LogP contribution in [0.3, 0.4) is 0 Å². The first-order chi connectivity index (χ1) is 23.0. The second kappa shape index (κ2) is 10.7. The van der Waals surface area contributed by atoms with E-state index in [1.54, 1.807) is 0 Å². The number of aromatic nitrogens is 3. The lowest BCUT2D eigenvalue weighted by Gasteiger charge is -2.20. The van der Waals surface area contributed by atoms with Gasteiger partial charge in [0.25, 0.3) is 0 Å². The Bertz CT molecular complexity index is 2590. The highest BCUT2D eigenvalue weighted by Crippen LogP contribution is 2.42. The van der Waals surface area contributed by atoms with E-state index < -0.39 is 0 Å². The number of fused-ring (bicyclic) bond motifs is 6. The zero-order chi connectivity index (χ0) is 33.4. The Kier molecular flexibility index (Phi) is 6.62. The number of pyridine rings is 1. The minimum absolute atomic E-state index is 0.0267. The number of rotatable bonds is 3. The van der Waals surface area contributed by atoms with Crippen LogP contribution in [0.2, 0.25) is 0 Å². The average Bonchev–Trinajstić information content (AvgIpc) is 3.59. The van der Waals surface area contributed by atoms with Gasteiger partial charge < -0.3 is 9.13 Å². The first kappa shape index (κ1) is 29.7. The molecule has 8 rings (SSSR count). The summed E-state index contributed by atoms with van der Waals surface area (Å²) >= 11 is 0. The Morgan fingerprint density at radius 3 is 1.58 bits per heavy atom. The topological polar surface area (TPSA) is 46.5 Å². The van der Waals surface area contributed by atoms with Crippen LogP contribution in [0, 0.1) is 11.3 Å². The second-order valence-corrected chi connectivity index (χ2v) is 14.9. The molecular formula is C44H38N4. The third-order valence-corrected chi connectivity index (χ3v) is 9.77. The van der Waals surface area contributed by atoms with Gasteiger partial charge in [-0.25, -0.2) is 0 Å². The van der Waals surface area contributed by atoms with Gasteiger partial charge in [-0.1, -0.05) is 90.1 Å². The quantitative estimate of drug-likeness (QED) is 0.197. The van der Waals surface area contributed by atoms with Crippen LogP contribution in [0.5, 0.6) is 0 Å². The molecule has 0 aliphatic heterocycles. The van der Waals surface area contributed by atoms with Gasteiger partial charge in [-0.15, -0.1) is 0 Å². The first-order valence-corrected chi connectivity index (χ1v) is 16.6. The van der Waals surface area contributed by atoms with Gasteiger partial charge in [0.05, 0.1) is 51.3 Å². The van der Waals surface area contributed by atoms with Crippen molar-refractivity contribution in [3.05, 3.63) is 138 Å². The summed E-state index contributed by atoms with van der Waals surface area (Å²) in [5.74, 6) is 0. The molecule has 8 aromatic rings. The van der Waals surface area contributed by atoms with Gasteiger partial charge in [0, 0.05) is 38.9 Å². The Morgan fingerprint density at radius 1 is 0.521 bits per heavy atom. The monoisotopic (exact) mass is 622 g/mol. The number of nitrogens with zero attached hydrogens (tertiary/aromatic N) is 4. The third-order valence-electron chi connectivity index (χ3n) is 9.77. The Balaban J connectivity index is 1.45. The molecule has 0 saturated carbocycles. The summed E-state index contributed by atoms with van der Waals surface area (Å²) in [6.45, 7) is 13.6. The smallest absolute Gasteiger partial charge is 0.0991 e. The van der Waals surface area contributed by atoms with Crippen molar-refractivity contribution < 1.29 is 0 Å². The van der Waals surface area contributed by atoms with Crippen LogP contribution in [0.4, 0.5) is 0 Å². The van der Waals surface area contributed by atoms with Crippen LogP contribution in [0.15, 0.2) is 122 Å². The maximum absolute atomic E-state index is 10.1. The minimum Gasteiger partial charge on any atom is -0.309 e. The Labute approximate surface area is 281 Å². The minimum atomic E-state index is 0.0267. The van der Waals surface area contributed by atoms with Crippen LogP contribution < -0.4 is 0 Å². The largest absolute Gasteiger partial charge is 0.309 e. The predicted octanol–water partition coefficient (Wildman–Crippen LogP) is 11.4. The molecule has 4 nitrogen and oxygen atoms in total. The van der Waals surface area contributed by atoms with E-state index in [0.29, 0.717) is 5.56 Å². The number of para-hydroxylation sites is 2. The van der Waals surface area contributed by atoms with Crippen LogP contribution >= 0.6 is 0 Å². The molecule has 0 saturated heterocycles. The van der Waals surface area contributed by atoms with Gasteiger partial charge in [-0.05, 0) is 82.6 Å². The van der Waals surface area contributed by atoms with Crippen molar-refractivity contribution in [2.75, 3.05) is 0 Å². The van der Waals surface area contributed by atoms with Crippen LogP contribution in [-0.2, 0) is 10.8 Å². The third kappa shape index (κ3) is 4.61. The van der Waals surface area contributed by atoms with Crippen LogP contribution in [0.1, 0.15) is 58.2 Å². The highest BCUT2D eigenvalue weighted by molar-refractivity contribution is 6.11. The zero-order valence-corrected chi connectivity index (χ0v) is 28.3. The van der Waals surface area contributed by atoms with E-state index in [0.717, 1.165) is 44.6 Å². The number of nitriles is 1.